The Morgan fingerprint density at radius 2 is 1.12 bits per heavy atom. The molecule has 5 heteroatoms. The highest BCUT2D eigenvalue weighted by molar-refractivity contribution is 6.24. The maximum atomic E-state index is 11.1. The minimum absolute atomic E-state index is 0.521. The van der Waals surface area contributed by atoms with Gasteiger partial charge in [0.05, 0.1) is 38.8 Å². The Balaban J connectivity index is 1.36. The van der Waals surface area contributed by atoms with E-state index in [-0.39, 0.29) is 0 Å². The maximum Gasteiger partial charge on any atom is 0.145 e. The van der Waals surface area contributed by atoms with E-state index in [1.807, 2.05) is 60.7 Å². The third kappa shape index (κ3) is 3.83. The number of hydrogen-bond donors (Lipinski definition) is 1. The van der Waals surface area contributed by atoms with Crippen LogP contribution in [-0.2, 0) is 0 Å². The van der Waals surface area contributed by atoms with Gasteiger partial charge in [-0.3, -0.25) is 0 Å². The molecule has 0 unspecified atom stereocenters. The molecule has 0 amide bonds. The SMILES string of the molecule is N#Cc1c(-n2c3ccccc3c3ccccc32)cc(C=N)cc1-n1c2ccc(-c3ccccc3)cc2c2c3oc4ccccc4c3ccc21. The standard InChI is InChI=1S/C44H26N4O/c45-25-27-22-40(47-36-15-7-4-12-30(36)31-13-5-8-16-37(31)47)35(26-46)41(23-27)48-38-20-18-29(28-10-2-1-3-11-28)24-34(38)43-39(48)21-19-33-32-14-6-9-17-42(32)49-44(33)43/h1-25,45H. The van der Waals surface area contributed by atoms with E-state index in [4.69, 9.17) is 9.83 Å². The molecule has 0 saturated heterocycles. The monoisotopic (exact) mass is 626 g/mol. The van der Waals surface area contributed by atoms with E-state index in [0.717, 1.165) is 82.4 Å². The summed E-state index contributed by atoms with van der Waals surface area (Å²) in [5.74, 6) is 0. The first-order chi connectivity index (χ1) is 24.2. The molecule has 0 radical (unpaired) electrons. The van der Waals surface area contributed by atoms with Crippen LogP contribution in [-0.4, -0.2) is 15.3 Å². The lowest BCUT2D eigenvalue weighted by molar-refractivity contribution is 0.673. The summed E-state index contributed by atoms with van der Waals surface area (Å²) in [5, 5.41) is 25.8. The zero-order chi connectivity index (χ0) is 32.6. The Hall–Kier alpha value is -6.90. The van der Waals surface area contributed by atoms with Crippen molar-refractivity contribution in [2.24, 2.45) is 0 Å². The quantitative estimate of drug-likeness (QED) is 0.197. The zero-order valence-electron chi connectivity index (χ0n) is 26.2. The van der Waals surface area contributed by atoms with Gasteiger partial charge in [-0.25, -0.2) is 0 Å². The van der Waals surface area contributed by atoms with Gasteiger partial charge in [-0.1, -0.05) is 91.0 Å². The van der Waals surface area contributed by atoms with Gasteiger partial charge < -0.3 is 19.0 Å². The Morgan fingerprint density at radius 1 is 0.531 bits per heavy atom. The van der Waals surface area contributed by atoms with E-state index in [0.29, 0.717) is 16.8 Å². The molecular formula is C44H26N4O. The summed E-state index contributed by atoms with van der Waals surface area (Å²) < 4.78 is 11.0. The summed E-state index contributed by atoms with van der Waals surface area (Å²) >= 11 is 0. The van der Waals surface area contributed by atoms with Gasteiger partial charge in [0, 0.05) is 33.1 Å². The number of fused-ring (bicyclic) bond motifs is 10. The summed E-state index contributed by atoms with van der Waals surface area (Å²) in [6.45, 7) is 0. The number of benzene rings is 7. The van der Waals surface area contributed by atoms with Crippen molar-refractivity contribution in [1.82, 2.24) is 9.13 Å². The second-order valence-corrected chi connectivity index (χ2v) is 12.4. The highest BCUT2D eigenvalue weighted by Gasteiger charge is 2.24. The molecule has 0 aliphatic carbocycles. The fourth-order valence-electron chi connectivity index (χ4n) is 7.72. The van der Waals surface area contributed by atoms with Crippen LogP contribution in [0.25, 0.3) is 88.1 Å². The van der Waals surface area contributed by atoms with E-state index in [1.165, 1.54) is 6.21 Å². The van der Waals surface area contributed by atoms with E-state index >= 15 is 0 Å². The van der Waals surface area contributed by atoms with Crippen LogP contribution in [0.1, 0.15) is 11.1 Å². The first-order valence-corrected chi connectivity index (χ1v) is 16.2. The molecule has 5 nitrogen and oxygen atoms in total. The van der Waals surface area contributed by atoms with E-state index < -0.39 is 0 Å². The Kier molecular flexibility index (Phi) is 5.73. The lowest BCUT2D eigenvalue weighted by atomic mass is 10.0. The number of nitrogens with zero attached hydrogens (tertiary/aromatic N) is 3. The van der Waals surface area contributed by atoms with Crippen molar-refractivity contribution >= 4 is 71.8 Å². The average molecular weight is 627 g/mol. The van der Waals surface area contributed by atoms with Gasteiger partial charge in [-0.05, 0) is 71.3 Å². The Morgan fingerprint density at radius 3 is 1.82 bits per heavy atom. The van der Waals surface area contributed by atoms with Crippen LogP contribution >= 0.6 is 0 Å². The normalized spacial score (nSPS) is 11.7. The van der Waals surface area contributed by atoms with Crippen molar-refractivity contribution in [3.05, 3.63) is 157 Å². The summed E-state index contributed by atoms with van der Waals surface area (Å²) in [4.78, 5) is 0. The summed E-state index contributed by atoms with van der Waals surface area (Å²) in [7, 11) is 0. The average Bonchev–Trinajstić information content (AvgIpc) is 3.82. The molecule has 3 heterocycles. The van der Waals surface area contributed by atoms with Gasteiger partial charge in [-0.2, -0.15) is 5.26 Å². The van der Waals surface area contributed by atoms with Crippen molar-refractivity contribution in [1.29, 1.82) is 10.7 Å². The van der Waals surface area contributed by atoms with Crippen molar-refractivity contribution in [2.45, 2.75) is 0 Å². The minimum Gasteiger partial charge on any atom is -0.455 e. The number of nitrogens with one attached hydrogen (secondary N) is 1. The van der Waals surface area contributed by atoms with Gasteiger partial charge in [-0.15, -0.1) is 0 Å². The largest absolute Gasteiger partial charge is 0.455 e. The molecule has 0 fully saturated rings. The second kappa shape index (κ2) is 10.3. The van der Waals surface area contributed by atoms with Crippen LogP contribution in [0.3, 0.4) is 0 Å². The molecule has 49 heavy (non-hydrogen) atoms. The van der Waals surface area contributed by atoms with Gasteiger partial charge in [0.2, 0.25) is 0 Å². The number of furan rings is 1. The fourth-order valence-corrected chi connectivity index (χ4v) is 7.72. The van der Waals surface area contributed by atoms with Crippen molar-refractivity contribution in [3.8, 4) is 28.6 Å². The predicted molar refractivity (Wildman–Crippen MR) is 200 cm³/mol. The van der Waals surface area contributed by atoms with Crippen molar-refractivity contribution in [3.63, 3.8) is 0 Å². The number of para-hydroxylation sites is 3. The summed E-state index contributed by atoms with van der Waals surface area (Å²) in [6.07, 6.45) is 1.36. The lowest BCUT2D eigenvalue weighted by Crippen LogP contribution is -2.06. The molecule has 7 aromatic carbocycles. The van der Waals surface area contributed by atoms with E-state index in [9.17, 15) is 5.26 Å². The number of hydrogen-bond acceptors (Lipinski definition) is 3. The molecule has 3 aromatic heterocycles. The topological polar surface area (TPSA) is 70.6 Å². The zero-order valence-corrected chi connectivity index (χ0v) is 26.2. The highest BCUT2D eigenvalue weighted by atomic mass is 16.3. The summed E-state index contributed by atoms with van der Waals surface area (Å²) in [6, 6.07) is 52.4. The van der Waals surface area contributed by atoms with Crippen molar-refractivity contribution < 1.29 is 4.42 Å². The molecule has 0 bridgehead atoms. The minimum atomic E-state index is 0.521. The smallest absolute Gasteiger partial charge is 0.145 e. The van der Waals surface area contributed by atoms with Gasteiger partial charge in [0.25, 0.3) is 0 Å². The van der Waals surface area contributed by atoms with Gasteiger partial charge in [0.1, 0.15) is 22.8 Å². The predicted octanol–water partition coefficient (Wildman–Crippen LogP) is 11.3. The molecule has 0 atom stereocenters. The van der Waals surface area contributed by atoms with Crippen molar-refractivity contribution in [2.75, 3.05) is 0 Å². The molecule has 228 valence electrons. The first-order valence-electron chi connectivity index (χ1n) is 16.2. The highest BCUT2D eigenvalue weighted by Crippen LogP contribution is 2.43. The second-order valence-electron chi connectivity index (χ2n) is 12.4. The third-order valence-corrected chi connectivity index (χ3v) is 9.84. The summed E-state index contributed by atoms with van der Waals surface area (Å²) in [5.41, 5.74) is 10.4. The van der Waals surface area contributed by atoms with Crippen LogP contribution in [0.4, 0.5) is 0 Å². The van der Waals surface area contributed by atoms with Crippen LogP contribution in [0.5, 0.6) is 0 Å². The molecule has 10 aromatic rings. The van der Waals surface area contributed by atoms with Gasteiger partial charge >= 0.3 is 0 Å². The van der Waals surface area contributed by atoms with Crippen LogP contribution in [0.15, 0.2) is 150 Å². The third-order valence-electron chi connectivity index (χ3n) is 9.84. The van der Waals surface area contributed by atoms with Crippen LogP contribution in [0, 0.1) is 16.7 Å². The molecule has 0 spiro atoms. The maximum absolute atomic E-state index is 11.1. The number of rotatable bonds is 4. The fraction of sp³-hybridized carbons (Fsp3) is 0. The molecule has 0 saturated carbocycles. The number of nitriles is 1. The number of aromatic nitrogens is 2. The van der Waals surface area contributed by atoms with E-state index in [2.05, 4.69) is 100 Å². The lowest BCUT2D eigenvalue weighted by Gasteiger charge is -2.17. The Labute approximate surface area is 280 Å². The molecule has 1 N–H and O–H groups in total. The van der Waals surface area contributed by atoms with Gasteiger partial charge in [0.15, 0.2) is 0 Å². The molecular weight excluding hydrogens is 601 g/mol. The first kappa shape index (κ1) is 27.2. The van der Waals surface area contributed by atoms with Crippen LogP contribution < -0.4 is 0 Å². The van der Waals surface area contributed by atoms with Crippen LogP contribution in [0.2, 0.25) is 0 Å². The molecule has 0 aliphatic rings. The Bertz CT molecular complexity index is 2970. The molecule has 10 rings (SSSR count). The van der Waals surface area contributed by atoms with E-state index in [1.54, 1.807) is 0 Å². The molecule has 0 aliphatic heterocycles.